The van der Waals surface area contributed by atoms with Crippen molar-refractivity contribution < 1.29 is 8.83 Å². The molecule has 104 valence electrons. The van der Waals surface area contributed by atoms with Crippen LogP contribution >= 0.6 is 0 Å². The molecule has 2 rings (SSSR count). The van der Waals surface area contributed by atoms with Gasteiger partial charge in [0.2, 0.25) is 5.89 Å². The smallest absolute Gasteiger partial charge is 0.315 e. The molecule has 6 nitrogen and oxygen atoms in total. The Morgan fingerprint density at radius 2 is 2.16 bits per heavy atom. The molecule has 0 radical (unpaired) electrons. The SMILES string of the molecule is CCNC(C)c1nnc(NC(C)Cc2ccco2)o1. The van der Waals surface area contributed by atoms with Crippen molar-refractivity contribution in [3.05, 3.63) is 30.0 Å². The summed E-state index contributed by atoms with van der Waals surface area (Å²) in [5.74, 6) is 1.52. The van der Waals surface area contributed by atoms with E-state index < -0.39 is 0 Å². The number of furan rings is 1. The van der Waals surface area contributed by atoms with E-state index in [0.717, 1.165) is 18.7 Å². The van der Waals surface area contributed by atoms with E-state index in [2.05, 4.69) is 20.8 Å². The summed E-state index contributed by atoms with van der Waals surface area (Å²) in [7, 11) is 0. The minimum Gasteiger partial charge on any atom is -0.469 e. The topological polar surface area (TPSA) is 76.1 Å². The lowest BCUT2D eigenvalue weighted by molar-refractivity contribution is 0.425. The highest BCUT2D eigenvalue weighted by Gasteiger charge is 2.14. The van der Waals surface area contributed by atoms with E-state index in [9.17, 15) is 0 Å². The average molecular weight is 264 g/mol. The molecule has 0 bridgehead atoms. The van der Waals surface area contributed by atoms with Crippen molar-refractivity contribution in [1.29, 1.82) is 0 Å². The van der Waals surface area contributed by atoms with Crippen LogP contribution in [0.3, 0.4) is 0 Å². The van der Waals surface area contributed by atoms with Crippen LogP contribution in [0.2, 0.25) is 0 Å². The van der Waals surface area contributed by atoms with Crippen molar-refractivity contribution in [1.82, 2.24) is 15.5 Å². The lowest BCUT2D eigenvalue weighted by Gasteiger charge is -2.10. The standard InChI is InChI=1S/C13H20N4O2/c1-4-14-10(3)12-16-17-13(19-12)15-9(2)8-11-6-5-7-18-11/h5-7,9-10,14H,4,8H2,1-3H3,(H,15,17). The Labute approximate surface area is 112 Å². The second-order valence-corrected chi connectivity index (χ2v) is 4.55. The summed E-state index contributed by atoms with van der Waals surface area (Å²) in [5.41, 5.74) is 0. The maximum absolute atomic E-state index is 5.56. The van der Waals surface area contributed by atoms with Crippen LogP contribution in [-0.2, 0) is 6.42 Å². The Hall–Kier alpha value is -1.82. The van der Waals surface area contributed by atoms with Gasteiger partial charge in [-0.25, -0.2) is 0 Å². The maximum atomic E-state index is 5.56. The molecule has 0 aliphatic carbocycles. The molecule has 2 aromatic heterocycles. The molecule has 0 aliphatic rings. The highest BCUT2D eigenvalue weighted by Crippen LogP contribution is 2.15. The summed E-state index contributed by atoms with van der Waals surface area (Å²) in [6.07, 6.45) is 2.44. The first-order chi connectivity index (χ1) is 9.19. The van der Waals surface area contributed by atoms with Gasteiger partial charge in [0.25, 0.3) is 0 Å². The molecule has 0 saturated heterocycles. The molecule has 2 aromatic rings. The first-order valence-electron chi connectivity index (χ1n) is 6.54. The van der Waals surface area contributed by atoms with Gasteiger partial charge in [-0.15, -0.1) is 5.10 Å². The van der Waals surface area contributed by atoms with Gasteiger partial charge in [0.15, 0.2) is 0 Å². The molecule has 0 fully saturated rings. The zero-order valence-corrected chi connectivity index (χ0v) is 11.5. The molecule has 2 atom stereocenters. The molecule has 19 heavy (non-hydrogen) atoms. The number of hydrogen-bond acceptors (Lipinski definition) is 6. The highest BCUT2D eigenvalue weighted by atomic mass is 16.4. The molecule has 2 unspecified atom stereocenters. The van der Waals surface area contributed by atoms with Crippen LogP contribution < -0.4 is 10.6 Å². The van der Waals surface area contributed by atoms with Crippen molar-refractivity contribution in [3.8, 4) is 0 Å². The Morgan fingerprint density at radius 1 is 1.32 bits per heavy atom. The summed E-state index contributed by atoms with van der Waals surface area (Å²) < 4.78 is 10.9. The Bertz CT molecular complexity index is 481. The minimum absolute atomic E-state index is 0.0634. The summed E-state index contributed by atoms with van der Waals surface area (Å²) >= 11 is 0. The third-order valence-corrected chi connectivity index (χ3v) is 2.78. The van der Waals surface area contributed by atoms with Gasteiger partial charge in [-0.1, -0.05) is 12.0 Å². The molecule has 0 spiro atoms. The van der Waals surface area contributed by atoms with E-state index in [1.165, 1.54) is 0 Å². The third kappa shape index (κ3) is 3.82. The molecular formula is C13H20N4O2. The molecule has 6 heteroatoms. The first-order valence-corrected chi connectivity index (χ1v) is 6.54. The van der Waals surface area contributed by atoms with E-state index in [-0.39, 0.29) is 12.1 Å². The van der Waals surface area contributed by atoms with Crippen LogP contribution in [0, 0.1) is 0 Å². The van der Waals surface area contributed by atoms with Gasteiger partial charge < -0.3 is 19.5 Å². The molecule has 2 heterocycles. The second kappa shape index (κ2) is 6.38. The van der Waals surface area contributed by atoms with Gasteiger partial charge in [0.05, 0.1) is 12.3 Å². The summed E-state index contributed by atoms with van der Waals surface area (Å²) in [6.45, 7) is 6.94. The zero-order chi connectivity index (χ0) is 13.7. The fraction of sp³-hybridized carbons (Fsp3) is 0.538. The minimum atomic E-state index is 0.0634. The molecule has 2 N–H and O–H groups in total. The van der Waals surface area contributed by atoms with Crippen molar-refractivity contribution in [2.75, 3.05) is 11.9 Å². The lowest BCUT2D eigenvalue weighted by atomic mass is 10.2. The number of nitrogens with one attached hydrogen (secondary N) is 2. The van der Waals surface area contributed by atoms with E-state index in [4.69, 9.17) is 8.83 Å². The average Bonchev–Trinajstić information content (AvgIpc) is 3.00. The fourth-order valence-corrected chi connectivity index (χ4v) is 1.85. The summed E-state index contributed by atoms with van der Waals surface area (Å²) in [4.78, 5) is 0. The second-order valence-electron chi connectivity index (χ2n) is 4.55. The molecule has 0 saturated carbocycles. The quantitative estimate of drug-likeness (QED) is 0.799. The maximum Gasteiger partial charge on any atom is 0.315 e. The molecule has 0 aliphatic heterocycles. The molecule has 0 amide bonds. The van der Waals surface area contributed by atoms with Gasteiger partial charge in [0.1, 0.15) is 5.76 Å². The molecular weight excluding hydrogens is 244 g/mol. The normalized spacial score (nSPS) is 14.3. The van der Waals surface area contributed by atoms with Gasteiger partial charge >= 0.3 is 6.01 Å². The number of nitrogens with zero attached hydrogens (tertiary/aromatic N) is 2. The van der Waals surface area contributed by atoms with Crippen molar-refractivity contribution >= 4 is 6.01 Å². The number of aromatic nitrogens is 2. The Balaban J connectivity index is 1.88. The van der Waals surface area contributed by atoms with Gasteiger partial charge in [-0.05, 0) is 32.5 Å². The fourth-order valence-electron chi connectivity index (χ4n) is 1.85. The predicted octanol–water partition coefficient (Wildman–Crippen LogP) is 2.38. The molecule has 0 aromatic carbocycles. The van der Waals surface area contributed by atoms with Crippen LogP contribution in [0.25, 0.3) is 0 Å². The van der Waals surface area contributed by atoms with Crippen molar-refractivity contribution in [2.24, 2.45) is 0 Å². The van der Waals surface area contributed by atoms with E-state index in [1.54, 1.807) is 6.26 Å². The van der Waals surface area contributed by atoms with Crippen LogP contribution in [0.5, 0.6) is 0 Å². The van der Waals surface area contributed by atoms with Crippen molar-refractivity contribution in [2.45, 2.75) is 39.3 Å². The third-order valence-electron chi connectivity index (χ3n) is 2.78. The van der Waals surface area contributed by atoms with Gasteiger partial charge in [0, 0.05) is 12.5 Å². The number of rotatable bonds is 7. The van der Waals surface area contributed by atoms with E-state index in [0.29, 0.717) is 11.9 Å². The highest BCUT2D eigenvalue weighted by molar-refractivity contribution is 5.20. The lowest BCUT2D eigenvalue weighted by Crippen LogP contribution is -2.18. The number of anilines is 1. The largest absolute Gasteiger partial charge is 0.469 e. The van der Waals surface area contributed by atoms with Crippen LogP contribution in [0.4, 0.5) is 6.01 Å². The van der Waals surface area contributed by atoms with Gasteiger partial charge in [-0.3, -0.25) is 0 Å². The summed E-state index contributed by atoms with van der Waals surface area (Å²) in [6, 6.07) is 4.50. The van der Waals surface area contributed by atoms with Crippen LogP contribution in [-0.4, -0.2) is 22.8 Å². The van der Waals surface area contributed by atoms with E-state index in [1.807, 2.05) is 32.9 Å². The van der Waals surface area contributed by atoms with E-state index >= 15 is 0 Å². The predicted molar refractivity (Wildman–Crippen MR) is 71.9 cm³/mol. The first kappa shape index (κ1) is 13.6. The van der Waals surface area contributed by atoms with Crippen LogP contribution in [0.15, 0.2) is 27.2 Å². The van der Waals surface area contributed by atoms with Crippen molar-refractivity contribution in [3.63, 3.8) is 0 Å². The number of hydrogen-bond donors (Lipinski definition) is 2. The van der Waals surface area contributed by atoms with Gasteiger partial charge in [-0.2, -0.15) is 0 Å². The van der Waals surface area contributed by atoms with Crippen LogP contribution in [0.1, 0.15) is 38.5 Å². The Morgan fingerprint density at radius 3 is 2.84 bits per heavy atom. The zero-order valence-electron chi connectivity index (χ0n) is 11.5. The summed E-state index contributed by atoms with van der Waals surface area (Å²) in [5, 5.41) is 14.4. The monoisotopic (exact) mass is 264 g/mol. The Kier molecular flexibility index (Phi) is 4.57.